The third-order valence-electron chi connectivity index (χ3n) is 2.78. The van der Waals surface area contributed by atoms with Crippen molar-refractivity contribution in [3.8, 4) is 0 Å². The van der Waals surface area contributed by atoms with E-state index < -0.39 is 0 Å². The molecule has 0 radical (unpaired) electrons. The zero-order valence-corrected chi connectivity index (χ0v) is 9.84. The highest BCUT2D eigenvalue weighted by molar-refractivity contribution is 5.93. The SMILES string of the molecule is Cc1ccc(NC(=O)CNC2CC2)c(C)c1. The van der Waals surface area contributed by atoms with E-state index in [-0.39, 0.29) is 5.91 Å². The van der Waals surface area contributed by atoms with Crippen molar-refractivity contribution in [2.75, 3.05) is 11.9 Å². The predicted octanol–water partition coefficient (Wildman–Crippen LogP) is 1.99. The van der Waals surface area contributed by atoms with Gasteiger partial charge in [-0.15, -0.1) is 0 Å². The molecule has 2 rings (SSSR count). The van der Waals surface area contributed by atoms with E-state index in [1.54, 1.807) is 0 Å². The number of anilines is 1. The molecule has 86 valence electrons. The van der Waals surface area contributed by atoms with Crippen LogP contribution in [0.5, 0.6) is 0 Å². The first kappa shape index (κ1) is 11.1. The predicted molar refractivity (Wildman–Crippen MR) is 65.6 cm³/mol. The van der Waals surface area contributed by atoms with E-state index in [1.165, 1.54) is 18.4 Å². The Bertz CT molecular complexity index is 397. The van der Waals surface area contributed by atoms with Gasteiger partial charge in [0, 0.05) is 11.7 Å². The molecule has 1 saturated carbocycles. The van der Waals surface area contributed by atoms with E-state index in [9.17, 15) is 4.79 Å². The molecule has 2 N–H and O–H groups in total. The minimum atomic E-state index is 0.0406. The Hall–Kier alpha value is -1.35. The van der Waals surface area contributed by atoms with E-state index >= 15 is 0 Å². The highest BCUT2D eigenvalue weighted by Gasteiger charge is 2.21. The van der Waals surface area contributed by atoms with Crippen molar-refractivity contribution in [1.29, 1.82) is 0 Å². The third kappa shape index (κ3) is 3.07. The molecule has 0 bridgehead atoms. The minimum Gasteiger partial charge on any atom is -0.325 e. The Morgan fingerprint density at radius 2 is 2.12 bits per heavy atom. The summed E-state index contributed by atoms with van der Waals surface area (Å²) in [4.78, 5) is 11.6. The van der Waals surface area contributed by atoms with Crippen LogP contribution in [0.2, 0.25) is 0 Å². The van der Waals surface area contributed by atoms with Crippen LogP contribution in [-0.2, 0) is 4.79 Å². The summed E-state index contributed by atoms with van der Waals surface area (Å²) < 4.78 is 0. The van der Waals surface area contributed by atoms with Crippen LogP contribution in [0.4, 0.5) is 5.69 Å². The third-order valence-corrected chi connectivity index (χ3v) is 2.78. The molecule has 0 aliphatic heterocycles. The number of amides is 1. The number of rotatable bonds is 4. The lowest BCUT2D eigenvalue weighted by Gasteiger charge is -2.09. The summed E-state index contributed by atoms with van der Waals surface area (Å²) in [5, 5.41) is 6.11. The number of benzene rings is 1. The molecule has 1 amide bonds. The van der Waals surface area contributed by atoms with Gasteiger partial charge in [0.2, 0.25) is 5.91 Å². The number of nitrogens with one attached hydrogen (secondary N) is 2. The maximum Gasteiger partial charge on any atom is 0.238 e. The Balaban J connectivity index is 1.89. The van der Waals surface area contributed by atoms with Gasteiger partial charge in [0.05, 0.1) is 6.54 Å². The van der Waals surface area contributed by atoms with Crippen LogP contribution in [0.1, 0.15) is 24.0 Å². The molecule has 3 nitrogen and oxygen atoms in total. The maximum atomic E-state index is 11.6. The Kier molecular flexibility index (Phi) is 3.25. The summed E-state index contributed by atoms with van der Waals surface area (Å²) >= 11 is 0. The summed E-state index contributed by atoms with van der Waals surface area (Å²) in [6, 6.07) is 6.62. The van der Waals surface area contributed by atoms with Crippen LogP contribution in [0.15, 0.2) is 18.2 Å². The summed E-state index contributed by atoms with van der Waals surface area (Å²) in [7, 11) is 0. The summed E-state index contributed by atoms with van der Waals surface area (Å²) in [5.74, 6) is 0.0406. The zero-order chi connectivity index (χ0) is 11.5. The number of hydrogen-bond donors (Lipinski definition) is 2. The van der Waals surface area contributed by atoms with E-state index in [0.29, 0.717) is 12.6 Å². The average molecular weight is 218 g/mol. The molecule has 0 heterocycles. The van der Waals surface area contributed by atoms with E-state index in [0.717, 1.165) is 11.3 Å². The molecule has 0 atom stereocenters. The molecule has 1 aromatic carbocycles. The van der Waals surface area contributed by atoms with Crippen LogP contribution in [0.3, 0.4) is 0 Å². The number of hydrogen-bond acceptors (Lipinski definition) is 2. The van der Waals surface area contributed by atoms with Crippen molar-refractivity contribution >= 4 is 11.6 Å². The molecule has 0 saturated heterocycles. The smallest absolute Gasteiger partial charge is 0.238 e. The van der Waals surface area contributed by atoms with Crippen molar-refractivity contribution < 1.29 is 4.79 Å². The highest BCUT2D eigenvalue weighted by atomic mass is 16.1. The standard InChI is InChI=1S/C13H18N2O/c1-9-3-6-12(10(2)7-9)15-13(16)8-14-11-4-5-11/h3,6-7,11,14H,4-5,8H2,1-2H3,(H,15,16). The molecule has 3 heteroatoms. The van der Waals surface area contributed by atoms with Crippen molar-refractivity contribution in [2.45, 2.75) is 32.7 Å². The molecule has 0 aromatic heterocycles. The van der Waals surface area contributed by atoms with Gasteiger partial charge in [0.1, 0.15) is 0 Å². The largest absolute Gasteiger partial charge is 0.325 e. The van der Waals surface area contributed by atoms with Crippen molar-refractivity contribution in [1.82, 2.24) is 5.32 Å². The van der Waals surface area contributed by atoms with E-state index in [2.05, 4.69) is 16.7 Å². The molecule has 16 heavy (non-hydrogen) atoms. The molecule has 0 unspecified atom stereocenters. The monoisotopic (exact) mass is 218 g/mol. The van der Waals surface area contributed by atoms with Crippen molar-refractivity contribution in [3.63, 3.8) is 0 Å². The van der Waals surface area contributed by atoms with Gasteiger partial charge in [-0.3, -0.25) is 4.79 Å². The van der Waals surface area contributed by atoms with Crippen LogP contribution >= 0.6 is 0 Å². The summed E-state index contributed by atoms with van der Waals surface area (Å²) in [6.07, 6.45) is 2.41. The minimum absolute atomic E-state index is 0.0406. The number of aryl methyl sites for hydroxylation is 2. The number of carbonyl (C=O) groups is 1. The molecular weight excluding hydrogens is 200 g/mol. The fraction of sp³-hybridized carbons (Fsp3) is 0.462. The zero-order valence-electron chi connectivity index (χ0n) is 9.84. The first-order chi connectivity index (χ1) is 7.65. The van der Waals surface area contributed by atoms with Gasteiger partial charge in [-0.25, -0.2) is 0 Å². The second-order valence-corrected chi connectivity index (χ2v) is 4.52. The normalized spacial score (nSPS) is 14.9. The van der Waals surface area contributed by atoms with Gasteiger partial charge in [-0.2, -0.15) is 0 Å². The molecular formula is C13H18N2O. The van der Waals surface area contributed by atoms with Crippen LogP contribution in [0.25, 0.3) is 0 Å². The molecule has 1 fully saturated rings. The first-order valence-corrected chi connectivity index (χ1v) is 5.75. The van der Waals surface area contributed by atoms with Crippen molar-refractivity contribution in [2.24, 2.45) is 0 Å². The molecule has 0 spiro atoms. The van der Waals surface area contributed by atoms with Crippen LogP contribution in [-0.4, -0.2) is 18.5 Å². The lowest BCUT2D eigenvalue weighted by Crippen LogP contribution is -2.29. The van der Waals surface area contributed by atoms with Crippen molar-refractivity contribution in [3.05, 3.63) is 29.3 Å². The summed E-state index contributed by atoms with van der Waals surface area (Å²) in [5.41, 5.74) is 3.24. The maximum absolute atomic E-state index is 11.6. The van der Waals surface area contributed by atoms with Crippen LogP contribution in [0, 0.1) is 13.8 Å². The molecule has 1 aliphatic carbocycles. The van der Waals surface area contributed by atoms with Gasteiger partial charge in [0.15, 0.2) is 0 Å². The topological polar surface area (TPSA) is 41.1 Å². The lowest BCUT2D eigenvalue weighted by atomic mass is 10.1. The van der Waals surface area contributed by atoms with Gasteiger partial charge in [0.25, 0.3) is 0 Å². The Labute approximate surface area is 96.2 Å². The quantitative estimate of drug-likeness (QED) is 0.811. The highest BCUT2D eigenvalue weighted by Crippen LogP contribution is 2.18. The van der Waals surface area contributed by atoms with Gasteiger partial charge < -0.3 is 10.6 Å². The van der Waals surface area contributed by atoms with Crippen LogP contribution < -0.4 is 10.6 Å². The number of carbonyl (C=O) groups excluding carboxylic acids is 1. The Morgan fingerprint density at radius 1 is 1.38 bits per heavy atom. The molecule has 1 aliphatic rings. The fourth-order valence-electron chi connectivity index (χ4n) is 1.67. The van der Waals surface area contributed by atoms with Gasteiger partial charge in [-0.05, 0) is 38.3 Å². The average Bonchev–Trinajstić information content (AvgIpc) is 3.03. The van der Waals surface area contributed by atoms with Gasteiger partial charge >= 0.3 is 0 Å². The lowest BCUT2D eigenvalue weighted by molar-refractivity contribution is -0.115. The van der Waals surface area contributed by atoms with E-state index in [1.807, 2.05) is 26.0 Å². The van der Waals surface area contributed by atoms with E-state index in [4.69, 9.17) is 0 Å². The van der Waals surface area contributed by atoms with Gasteiger partial charge in [-0.1, -0.05) is 17.7 Å². The second-order valence-electron chi connectivity index (χ2n) is 4.52. The Morgan fingerprint density at radius 3 is 2.75 bits per heavy atom. The molecule has 1 aromatic rings. The fourth-order valence-corrected chi connectivity index (χ4v) is 1.67. The second kappa shape index (κ2) is 4.66. The summed E-state index contributed by atoms with van der Waals surface area (Å²) in [6.45, 7) is 4.47. The first-order valence-electron chi connectivity index (χ1n) is 5.75.